The molecule has 12 heavy (non-hydrogen) atoms. The van der Waals surface area contributed by atoms with Crippen molar-refractivity contribution in [1.29, 1.82) is 9.56 Å². The van der Waals surface area contributed by atoms with Gasteiger partial charge in [0.05, 0.1) is 0 Å². The maximum Gasteiger partial charge on any atom is 0.0473 e. The highest BCUT2D eigenvalue weighted by molar-refractivity contribution is 7.92. The Balaban J connectivity index is 4.19. The minimum absolute atomic E-state index is 0.0106. The Kier molecular flexibility index (Phi) is 3.67. The summed E-state index contributed by atoms with van der Waals surface area (Å²) in [6.45, 7) is 0. The van der Waals surface area contributed by atoms with Gasteiger partial charge < -0.3 is 5.73 Å². The summed E-state index contributed by atoms with van der Waals surface area (Å²) in [7, 11) is -5.26. The molecular weight excluding hydrogens is 198 g/mol. The predicted molar refractivity (Wildman–Crippen MR) is 51.3 cm³/mol. The van der Waals surface area contributed by atoms with Crippen LogP contribution in [0.15, 0.2) is 0 Å². The zero-order valence-electron chi connectivity index (χ0n) is 7.20. The molecule has 74 valence electrons. The first kappa shape index (κ1) is 11.9. The minimum atomic E-state index is -2.63. The van der Waals surface area contributed by atoms with Crippen LogP contribution in [0.1, 0.15) is 0 Å². The fourth-order valence-corrected chi connectivity index (χ4v) is 2.88. The first-order chi connectivity index (χ1) is 5.10. The maximum absolute atomic E-state index is 10.9. The molecule has 2 atom stereocenters. The van der Waals surface area contributed by atoms with E-state index in [1.807, 2.05) is 0 Å². The summed E-state index contributed by atoms with van der Waals surface area (Å²) in [5, 5.41) is 0. The molecular formula is C5H15N3O2S2. The first-order valence-electron chi connectivity index (χ1n) is 3.29. The summed E-state index contributed by atoms with van der Waals surface area (Å²) in [6, 6.07) is -0.574. The first-order valence-corrected chi connectivity index (χ1v) is 7.56. The Morgan fingerprint density at radius 3 is 1.58 bits per heavy atom. The average Bonchev–Trinajstić information content (AvgIpc) is 1.49. The minimum Gasteiger partial charge on any atom is -0.326 e. The standard InChI is InChI=1S/C5H15N3O2S2/c1-11(7,9)3-5(6)4-12(2,8)10/h5,7-8H,3-4,6H2,1-2H3. The van der Waals surface area contributed by atoms with E-state index >= 15 is 0 Å². The van der Waals surface area contributed by atoms with Crippen molar-refractivity contribution in [2.24, 2.45) is 5.73 Å². The summed E-state index contributed by atoms with van der Waals surface area (Å²) < 4.78 is 36.0. The molecule has 0 bridgehead atoms. The molecule has 0 rings (SSSR count). The number of nitrogens with two attached hydrogens (primary N) is 1. The monoisotopic (exact) mass is 213 g/mol. The Bertz CT molecular complexity index is 296. The molecule has 0 saturated heterocycles. The van der Waals surface area contributed by atoms with Crippen LogP contribution in [-0.2, 0) is 19.5 Å². The van der Waals surface area contributed by atoms with Gasteiger partial charge >= 0.3 is 0 Å². The highest BCUT2D eigenvalue weighted by atomic mass is 32.2. The van der Waals surface area contributed by atoms with E-state index in [-0.39, 0.29) is 11.5 Å². The summed E-state index contributed by atoms with van der Waals surface area (Å²) in [4.78, 5) is 0. The molecule has 0 aromatic rings. The van der Waals surface area contributed by atoms with Gasteiger partial charge in [0, 0.05) is 49.5 Å². The Hall–Kier alpha value is -0.140. The van der Waals surface area contributed by atoms with E-state index in [4.69, 9.17) is 15.3 Å². The van der Waals surface area contributed by atoms with Gasteiger partial charge in [0.25, 0.3) is 0 Å². The molecule has 4 N–H and O–H groups in total. The molecule has 0 fully saturated rings. The average molecular weight is 213 g/mol. The van der Waals surface area contributed by atoms with Crippen LogP contribution in [0.3, 0.4) is 0 Å². The summed E-state index contributed by atoms with van der Waals surface area (Å²) >= 11 is 0. The van der Waals surface area contributed by atoms with Gasteiger partial charge in [-0.2, -0.15) is 0 Å². The van der Waals surface area contributed by atoms with Gasteiger partial charge in [-0.05, 0) is 0 Å². The van der Waals surface area contributed by atoms with Gasteiger partial charge in [-0.25, -0.2) is 0 Å². The van der Waals surface area contributed by atoms with E-state index < -0.39 is 25.5 Å². The molecule has 0 aromatic carbocycles. The molecule has 2 unspecified atom stereocenters. The molecule has 0 saturated carbocycles. The maximum atomic E-state index is 10.9. The molecule has 5 nitrogen and oxygen atoms in total. The van der Waals surface area contributed by atoms with Crippen LogP contribution in [0.25, 0.3) is 0 Å². The third-order valence-electron chi connectivity index (χ3n) is 1.06. The number of nitrogens with one attached hydrogen (secondary N) is 2. The summed E-state index contributed by atoms with van der Waals surface area (Å²) in [5.74, 6) is 0.0212. The fraction of sp³-hybridized carbons (Fsp3) is 1.00. The van der Waals surface area contributed by atoms with E-state index in [1.54, 1.807) is 0 Å². The second kappa shape index (κ2) is 3.71. The van der Waals surface area contributed by atoms with Crippen LogP contribution in [0.5, 0.6) is 0 Å². The lowest BCUT2D eigenvalue weighted by Gasteiger charge is -2.10. The Morgan fingerprint density at radius 1 is 1.17 bits per heavy atom. The smallest absolute Gasteiger partial charge is 0.0473 e. The van der Waals surface area contributed by atoms with Gasteiger partial charge in [0.1, 0.15) is 0 Å². The molecule has 0 heterocycles. The van der Waals surface area contributed by atoms with Crippen molar-refractivity contribution in [3.8, 4) is 0 Å². The van der Waals surface area contributed by atoms with Crippen LogP contribution >= 0.6 is 0 Å². The number of rotatable bonds is 4. The van der Waals surface area contributed by atoms with E-state index in [1.165, 1.54) is 12.5 Å². The van der Waals surface area contributed by atoms with Crippen molar-refractivity contribution in [3.63, 3.8) is 0 Å². The van der Waals surface area contributed by atoms with Crippen molar-refractivity contribution < 1.29 is 8.42 Å². The van der Waals surface area contributed by atoms with Crippen LogP contribution < -0.4 is 5.73 Å². The molecule has 7 heteroatoms. The quantitative estimate of drug-likeness (QED) is 0.595. The van der Waals surface area contributed by atoms with E-state index in [0.717, 1.165) is 0 Å². The van der Waals surface area contributed by atoms with Crippen LogP contribution in [-0.4, -0.2) is 38.5 Å². The Morgan fingerprint density at radius 2 is 1.42 bits per heavy atom. The van der Waals surface area contributed by atoms with Gasteiger partial charge in [-0.1, -0.05) is 0 Å². The third kappa shape index (κ3) is 7.96. The lowest BCUT2D eigenvalue weighted by atomic mass is 10.4. The molecule has 0 aliphatic rings. The molecule has 0 aliphatic heterocycles. The lowest BCUT2D eigenvalue weighted by Crippen LogP contribution is -2.35. The van der Waals surface area contributed by atoms with Crippen molar-refractivity contribution >= 4 is 19.5 Å². The van der Waals surface area contributed by atoms with Gasteiger partial charge in [0.2, 0.25) is 0 Å². The van der Waals surface area contributed by atoms with E-state index in [9.17, 15) is 8.42 Å². The highest BCUT2D eigenvalue weighted by Crippen LogP contribution is 1.94. The van der Waals surface area contributed by atoms with Crippen molar-refractivity contribution in [1.82, 2.24) is 0 Å². The van der Waals surface area contributed by atoms with Crippen LogP contribution in [0, 0.1) is 9.56 Å². The predicted octanol–water partition coefficient (Wildman–Crippen LogP) is -0.333. The molecule has 0 aromatic heterocycles. The zero-order valence-corrected chi connectivity index (χ0v) is 8.83. The van der Waals surface area contributed by atoms with E-state index in [2.05, 4.69) is 0 Å². The van der Waals surface area contributed by atoms with Crippen LogP contribution in [0.4, 0.5) is 0 Å². The number of hydrogen-bond acceptors (Lipinski definition) is 5. The van der Waals surface area contributed by atoms with Crippen molar-refractivity contribution in [2.75, 3.05) is 24.0 Å². The molecule has 0 amide bonds. The van der Waals surface area contributed by atoms with Gasteiger partial charge in [-0.3, -0.25) is 18.0 Å². The molecule has 0 spiro atoms. The molecule has 0 radical (unpaired) electrons. The SMILES string of the molecule is CS(=N)(=O)CC(N)CS(C)(=N)=O. The second-order valence-corrected chi connectivity index (χ2v) is 7.79. The summed E-state index contributed by atoms with van der Waals surface area (Å²) in [6.07, 6.45) is 2.57. The normalized spacial score (nSPS) is 23.9. The number of hydrogen-bond donors (Lipinski definition) is 3. The summed E-state index contributed by atoms with van der Waals surface area (Å²) in [5.41, 5.74) is 5.45. The van der Waals surface area contributed by atoms with Crippen LogP contribution in [0.2, 0.25) is 0 Å². The Labute approximate surface area is 73.7 Å². The third-order valence-corrected chi connectivity index (χ3v) is 3.19. The molecule has 0 aliphatic carbocycles. The highest BCUT2D eigenvalue weighted by Gasteiger charge is 2.11. The second-order valence-electron chi connectivity index (χ2n) is 3.10. The largest absolute Gasteiger partial charge is 0.326 e. The lowest BCUT2D eigenvalue weighted by molar-refractivity contribution is 0.664. The zero-order chi connectivity index (χ0) is 9.99. The van der Waals surface area contributed by atoms with Crippen molar-refractivity contribution in [2.45, 2.75) is 6.04 Å². The van der Waals surface area contributed by atoms with Gasteiger partial charge in [0.15, 0.2) is 0 Å². The van der Waals surface area contributed by atoms with E-state index in [0.29, 0.717) is 0 Å². The fourth-order valence-electron chi connectivity index (χ4n) is 0.865. The van der Waals surface area contributed by atoms with Gasteiger partial charge in [-0.15, -0.1) is 0 Å². The topological polar surface area (TPSA) is 108 Å². The van der Waals surface area contributed by atoms with Crippen molar-refractivity contribution in [3.05, 3.63) is 0 Å².